The molecule has 0 fully saturated rings. The Morgan fingerprint density at radius 1 is 0.923 bits per heavy atom. The number of nitrogens with zero attached hydrogens (tertiary/aromatic N) is 2. The first-order valence-electron chi connectivity index (χ1n) is 12.6. The molecule has 8 nitrogen and oxygen atoms in total. The summed E-state index contributed by atoms with van der Waals surface area (Å²) in [6.45, 7) is 5.09. The number of carbonyl (C=O) groups is 2. The SMILES string of the molecule is CC[C@@H](C)NC(=O)[C@H](C)N(Cc1ccc(Cl)cc1)C(=O)CN(c1ccc(Oc2ccccc2)cc1)S(C)(=O)=O. The number of hydrogen-bond donors (Lipinski definition) is 1. The van der Waals surface area contributed by atoms with Crippen LogP contribution in [0.1, 0.15) is 32.8 Å². The third kappa shape index (κ3) is 8.73. The van der Waals surface area contributed by atoms with Crippen LogP contribution in [0.5, 0.6) is 11.5 Å². The van der Waals surface area contributed by atoms with Gasteiger partial charge in [-0.15, -0.1) is 0 Å². The predicted octanol–water partition coefficient (Wildman–Crippen LogP) is 5.23. The third-order valence-corrected chi connectivity index (χ3v) is 7.61. The maximum absolute atomic E-state index is 13.6. The van der Waals surface area contributed by atoms with Crippen LogP contribution in [0.2, 0.25) is 5.02 Å². The number of hydrogen-bond acceptors (Lipinski definition) is 5. The normalized spacial score (nSPS) is 12.7. The van der Waals surface area contributed by atoms with E-state index in [1.54, 1.807) is 55.5 Å². The Kier molecular flexibility index (Phi) is 10.4. The number of amides is 2. The molecule has 0 spiro atoms. The molecule has 0 radical (unpaired) electrons. The average Bonchev–Trinajstić information content (AvgIpc) is 2.91. The van der Waals surface area contributed by atoms with Gasteiger partial charge in [0.05, 0.1) is 11.9 Å². The van der Waals surface area contributed by atoms with Gasteiger partial charge in [-0.2, -0.15) is 0 Å². The van der Waals surface area contributed by atoms with Gasteiger partial charge < -0.3 is 15.0 Å². The summed E-state index contributed by atoms with van der Waals surface area (Å²) in [7, 11) is -3.84. The van der Waals surface area contributed by atoms with E-state index in [0.717, 1.165) is 22.5 Å². The Morgan fingerprint density at radius 2 is 1.51 bits per heavy atom. The van der Waals surface area contributed by atoms with Crippen LogP contribution >= 0.6 is 11.6 Å². The van der Waals surface area contributed by atoms with E-state index in [1.165, 1.54) is 4.90 Å². The van der Waals surface area contributed by atoms with Crippen molar-refractivity contribution in [2.24, 2.45) is 0 Å². The third-order valence-electron chi connectivity index (χ3n) is 6.22. The summed E-state index contributed by atoms with van der Waals surface area (Å²) in [5.41, 5.74) is 1.05. The lowest BCUT2D eigenvalue weighted by Gasteiger charge is -2.32. The number of nitrogens with one attached hydrogen (secondary N) is 1. The van der Waals surface area contributed by atoms with E-state index in [0.29, 0.717) is 22.2 Å². The summed E-state index contributed by atoms with van der Waals surface area (Å²) in [4.78, 5) is 28.0. The molecule has 3 aromatic carbocycles. The predicted molar refractivity (Wildman–Crippen MR) is 155 cm³/mol. The number of carbonyl (C=O) groups excluding carboxylic acids is 2. The molecule has 10 heteroatoms. The van der Waals surface area contributed by atoms with Crippen LogP contribution in [-0.4, -0.2) is 50.0 Å². The van der Waals surface area contributed by atoms with E-state index in [1.807, 2.05) is 44.2 Å². The molecule has 0 aliphatic rings. The molecule has 0 bridgehead atoms. The molecule has 0 aromatic heterocycles. The minimum Gasteiger partial charge on any atom is -0.457 e. The molecule has 0 heterocycles. The Balaban J connectivity index is 1.85. The van der Waals surface area contributed by atoms with Gasteiger partial charge in [-0.05, 0) is 74.4 Å². The van der Waals surface area contributed by atoms with Crippen LogP contribution in [0.15, 0.2) is 78.9 Å². The van der Waals surface area contributed by atoms with Gasteiger partial charge in [0.2, 0.25) is 21.8 Å². The zero-order valence-corrected chi connectivity index (χ0v) is 24.1. The van der Waals surface area contributed by atoms with Crippen LogP contribution in [0.3, 0.4) is 0 Å². The highest BCUT2D eigenvalue weighted by Crippen LogP contribution is 2.26. The topological polar surface area (TPSA) is 96.0 Å². The lowest BCUT2D eigenvalue weighted by atomic mass is 10.1. The minimum absolute atomic E-state index is 0.0726. The molecule has 0 saturated carbocycles. The van der Waals surface area contributed by atoms with Crippen LogP contribution in [0.25, 0.3) is 0 Å². The smallest absolute Gasteiger partial charge is 0.244 e. The zero-order valence-electron chi connectivity index (χ0n) is 22.5. The highest BCUT2D eigenvalue weighted by Gasteiger charge is 2.30. The van der Waals surface area contributed by atoms with Crippen LogP contribution in [0, 0.1) is 0 Å². The Bertz CT molecular complexity index is 1350. The van der Waals surface area contributed by atoms with E-state index in [4.69, 9.17) is 16.3 Å². The Morgan fingerprint density at radius 3 is 2.08 bits per heavy atom. The van der Waals surface area contributed by atoms with E-state index >= 15 is 0 Å². The number of ether oxygens (including phenoxy) is 1. The van der Waals surface area contributed by atoms with Gasteiger partial charge in [-0.1, -0.05) is 48.9 Å². The second-order valence-corrected chi connectivity index (χ2v) is 11.7. The van der Waals surface area contributed by atoms with Crippen molar-refractivity contribution in [2.45, 2.75) is 45.8 Å². The summed E-state index contributed by atoms with van der Waals surface area (Å²) in [6.07, 6.45) is 1.77. The maximum Gasteiger partial charge on any atom is 0.244 e. The van der Waals surface area contributed by atoms with Gasteiger partial charge >= 0.3 is 0 Å². The van der Waals surface area contributed by atoms with Gasteiger partial charge in [0.15, 0.2) is 0 Å². The van der Waals surface area contributed by atoms with Gasteiger partial charge in [0.1, 0.15) is 24.1 Å². The molecule has 3 aromatic rings. The quantitative estimate of drug-likeness (QED) is 0.321. The van der Waals surface area contributed by atoms with Gasteiger partial charge in [-0.3, -0.25) is 13.9 Å². The first-order valence-corrected chi connectivity index (χ1v) is 14.9. The molecule has 1 N–H and O–H groups in total. The maximum atomic E-state index is 13.6. The van der Waals surface area contributed by atoms with Crippen molar-refractivity contribution >= 4 is 39.1 Å². The van der Waals surface area contributed by atoms with Crippen LogP contribution < -0.4 is 14.4 Å². The van der Waals surface area contributed by atoms with E-state index in [2.05, 4.69) is 5.32 Å². The standard InChI is InChI=1S/C29H34ClN3O5S/c1-5-21(2)31-29(35)22(3)32(19-23-11-13-24(30)14-12-23)28(34)20-33(39(4,36)37)25-15-17-27(18-16-25)38-26-9-7-6-8-10-26/h6-18,21-22H,5,19-20H2,1-4H3,(H,31,35)/t21-,22+/m1/s1. The fourth-order valence-corrected chi connectivity index (χ4v) is 4.73. The molecule has 39 heavy (non-hydrogen) atoms. The van der Waals surface area contributed by atoms with Crippen molar-refractivity contribution in [1.82, 2.24) is 10.2 Å². The summed E-state index contributed by atoms with van der Waals surface area (Å²) >= 11 is 6.01. The summed E-state index contributed by atoms with van der Waals surface area (Å²) in [6, 6.07) is 21.6. The fraction of sp³-hybridized carbons (Fsp3) is 0.310. The number of halogens is 1. The van der Waals surface area contributed by atoms with E-state index < -0.39 is 28.5 Å². The minimum atomic E-state index is -3.84. The summed E-state index contributed by atoms with van der Waals surface area (Å²) in [5.74, 6) is 0.319. The average molecular weight is 572 g/mol. The lowest BCUT2D eigenvalue weighted by molar-refractivity contribution is -0.139. The summed E-state index contributed by atoms with van der Waals surface area (Å²) < 4.78 is 32.4. The number of anilines is 1. The van der Waals surface area contributed by atoms with E-state index in [9.17, 15) is 18.0 Å². The molecule has 0 aliphatic heterocycles. The highest BCUT2D eigenvalue weighted by molar-refractivity contribution is 7.92. The second-order valence-electron chi connectivity index (χ2n) is 9.32. The first-order chi connectivity index (χ1) is 18.5. The molecule has 0 saturated heterocycles. The molecular weight excluding hydrogens is 538 g/mol. The Hall–Kier alpha value is -3.56. The number of sulfonamides is 1. The number of para-hydroxylation sites is 1. The molecule has 3 rings (SSSR count). The number of rotatable bonds is 12. The van der Waals surface area contributed by atoms with Gasteiger partial charge in [0, 0.05) is 17.6 Å². The molecule has 208 valence electrons. The van der Waals surface area contributed by atoms with Gasteiger partial charge in [-0.25, -0.2) is 8.42 Å². The van der Waals surface area contributed by atoms with Crippen molar-refractivity contribution < 1.29 is 22.7 Å². The second kappa shape index (κ2) is 13.5. The van der Waals surface area contributed by atoms with Crippen molar-refractivity contribution in [3.63, 3.8) is 0 Å². The number of benzene rings is 3. The molecular formula is C29H34ClN3O5S. The lowest BCUT2D eigenvalue weighted by Crippen LogP contribution is -2.52. The fourth-order valence-electron chi connectivity index (χ4n) is 3.75. The van der Waals surface area contributed by atoms with Crippen LogP contribution in [-0.2, 0) is 26.2 Å². The summed E-state index contributed by atoms with van der Waals surface area (Å²) in [5, 5.41) is 3.44. The highest BCUT2D eigenvalue weighted by atomic mass is 35.5. The van der Waals surface area contributed by atoms with Crippen molar-refractivity contribution in [2.75, 3.05) is 17.1 Å². The van der Waals surface area contributed by atoms with Crippen molar-refractivity contribution in [1.29, 1.82) is 0 Å². The van der Waals surface area contributed by atoms with Crippen molar-refractivity contribution in [3.05, 3.63) is 89.4 Å². The molecule has 2 amide bonds. The van der Waals surface area contributed by atoms with Crippen molar-refractivity contribution in [3.8, 4) is 11.5 Å². The molecule has 0 aliphatic carbocycles. The largest absolute Gasteiger partial charge is 0.457 e. The van der Waals surface area contributed by atoms with Crippen LogP contribution in [0.4, 0.5) is 5.69 Å². The molecule has 0 unspecified atom stereocenters. The monoisotopic (exact) mass is 571 g/mol. The molecule has 2 atom stereocenters. The van der Waals surface area contributed by atoms with E-state index in [-0.39, 0.29) is 18.5 Å². The van der Waals surface area contributed by atoms with Gasteiger partial charge in [0.25, 0.3) is 0 Å². The zero-order chi connectivity index (χ0) is 28.6. The first kappa shape index (κ1) is 30.0. The Labute approximate surface area is 235 Å².